The number of nitrogens with zero attached hydrogens (tertiary/aromatic N) is 1. The molecule has 1 aromatic heterocycles. The van der Waals surface area contributed by atoms with Crippen molar-refractivity contribution < 1.29 is 4.74 Å². The lowest BCUT2D eigenvalue weighted by atomic mass is 10.1. The second kappa shape index (κ2) is 4.70. The lowest BCUT2D eigenvalue weighted by Crippen LogP contribution is -2.05. The first-order valence-electron chi connectivity index (χ1n) is 6.35. The maximum Gasteiger partial charge on any atom is 0.183 e. The van der Waals surface area contributed by atoms with Gasteiger partial charge in [-0.15, -0.1) is 0 Å². The van der Waals surface area contributed by atoms with Crippen LogP contribution in [0.15, 0.2) is 30.3 Å². The minimum Gasteiger partial charge on any atom is -0.490 e. The van der Waals surface area contributed by atoms with Crippen molar-refractivity contribution in [3.63, 3.8) is 0 Å². The van der Waals surface area contributed by atoms with E-state index in [0.717, 1.165) is 31.9 Å². The van der Waals surface area contributed by atoms with Crippen LogP contribution >= 0.6 is 11.3 Å². The second-order valence-electron chi connectivity index (χ2n) is 4.70. The van der Waals surface area contributed by atoms with Crippen molar-refractivity contribution in [2.45, 2.75) is 20.0 Å². The monoisotopic (exact) mass is 272 g/mol. The highest BCUT2D eigenvalue weighted by Crippen LogP contribution is 2.37. The standard InChI is InChI=1S/C15H16N2OS/c1-9(2)18-12-8-13-14(17-15(16-3)19-13)11-7-5-4-6-10(11)12/h4-9H,1-3H3,(H,16,17). The fraction of sp³-hybridized carbons (Fsp3) is 0.267. The average Bonchev–Trinajstić information content (AvgIpc) is 2.81. The van der Waals surface area contributed by atoms with Crippen molar-refractivity contribution in [1.29, 1.82) is 0 Å². The van der Waals surface area contributed by atoms with Gasteiger partial charge in [-0.1, -0.05) is 35.6 Å². The summed E-state index contributed by atoms with van der Waals surface area (Å²) in [5, 5.41) is 6.31. The Morgan fingerprint density at radius 3 is 2.63 bits per heavy atom. The highest BCUT2D eigenvalue weighted by atomic mass is 32.1. The van der Waals surface area contributed by atoms with E-state index in [4.69, 9.17) is 4.74 Å². The number of benzene rings is 2. The molecule has 2 aromatic carbocycles. The fourth-order valence-corrected chi connectivity index (χ4v) is 3.05. The molecule has 19 heavy (non-hydrogen) atoms. The Balaban J connectivity index is 2.34. The Morgan fingerprint density at radius 2 is 1.95 bits per heavy atom. The normalized spacial score (nSPS) is 11.4. The minimum absolute atomic E-state index is 0.164. The lowest BCUT2D eigenvalue weighted by molar-refractivity contribution is 0.246. The van der Waals surface area contributed by atoms with E-state index in [1.165, 1.54) is 0 Å². The van der Waals surface area contributed by atoms with Gasteiger partial charge in [-0.2, -0.15) is 0 Å². The van der Waals surface area contributed by atoms with Crippen molar-refractivity contribution in [1.82, 2.24) is 4.98 Å². The number of rotatable bonds is 3. The number of fused-ring (bicyclic) bond motifs is 3. The first kappa shape index (κ1) is 12.2. The third kappa shape index (κ3) is 2.12. The van der Waals surface area contributed by atoms with Gasteiger partial charge in [-0.05, 0) is 13.8 Å². The highest BCUT2D eigenvalue weighted by molar-refractivity contribution is 7.22. The van der Waals surface area contributed by atoms with Gasteiger partial charge < -0.3 is 10.1 Å². The van der Waals surface area contributed by atoms with Crippen LogP contribution in [0.2, 0.25) is 0 Å². The maximum absolute atomic E-state index is 5.94. The SMILES string of the molecule is CNc1nc2c(cc(OC(C)C)c3ccccc32)s1. The molecule has 0 bridgehead atoms. The van der Waals surface area contributed by atoms with Gasteiger partial charge in [0, 0.05) is 23.9 Å². The molecule has 1 heterocycles. The Morgan fingerprint density at radius 1 is 1.21 bits per heavy atom. The first-order chi connectivity index (χ1) is 9.19. The summed E-state index contributed by atoms with van der Waals surface area (Å²) in [4.78, 5) is 4.63. The van der Waals surface area contributed by atoms with Gasteiger partial charge in [0.2, 0.25) is 0 Å². The number of ether oxygens (including phenoxy) is 1. The summed E-state index contributed by atoms with van der Waals surface area (Å²) in [6.07, 6.45) is 0.164. The van der Waals surface area contributed by atoms with E-state index in [1.54, 1.807) is 11.3 Å². The molecule has 3 aromatic rings. The van der Waals surface area contributed by atoms with Crippen LogP contribution in [-0.4, -0.2) is 18.1 Å². The van der Waals surface area contributed by atoms with Crippen molar-refractivity contribution in [2.75, 3.05) is 12.4 Å². The zero-order valence-electron chi connectivity index (χ0n) is 11.2. The molecule has 0 spiro atoms. The van der Waals surface area contributed by atoms with Crippen LogP contribution in [0.3, 0.4) is 0 Å². The van der Waals surface area contributed by atoms with Crippen molar-refractivity contribution >= 4 is 37.5 Å². The lowest BCUT2D eigenvalue weighted by Gasteiger charge is -2.12. The largest absolute Gasteiger partial charge is 0.490 e. The molecule has 98 valence electrons. The molecule has 0 aliphatic heterocycles. The third-order valence-electron chi connectivity index (χ3n) is 2.94. The predicted octanol–water partition coefficient (Wildman–Crippen LogP) is 4.28. The zero-order valence-corrected chi connectivity index (χ0v) is 12.0. The van der Waals surface area contributed by atoms with Gasteiger partial charge in [0.1, 0.15) is 5.75 Å². The van der Waals surface area contributed by atoms with Crippen LogP contribution in [0.5, 0.6) is 5.75 Å². The van der Waals surface area contributed by atoms with E-state index in [-0.39, 0.29) is 6.10 Å². The summed E-state index contributed by atoms with van der Waals surface area (Å²) in [5.74, 6) is 0.935. The average molecular weight is 272 g/mol. The van der Waals surface area contributed by atoms with Crippen LogP contribution in [0.25, 0.3) is 21.0 Å². The molecule has 4 heteroatoms. The first-order valence-corrected chi connectivity index (χ1v) is 7.17. The molecule has 3 nitrogen and oxygen atoms in total. The molecular weight excluding hydrogens is 256 g/mol. The van der Waals surface area contributed by atoms with Crippen LogP contribution in [-0.2, 0) is 0 Å². The smallest absolute Gasteiger partial charge is 0.183 e. The van der Waals surface area contributed by atoms with Crippen LogP contribution < -0.4 is 10.1 Å². The Hall–Kier alpha value is -1.81. The second-order valence-corrected chi connectivity index (χ2v) is 5.73. The summed E-state index contributed by atoms with van der Waals surface area (Å²) in [6.45, 7) is 4.09. The number of hydrogen-bond acceptors (Lipinski definition) is 4. The molecule has 1 N–H and O–H groups in total. The van der Waals surface area contributed by atoms with Gasteiger partial charge in [-0.3, -0.25) is 0 Å². The number of anilines is 1. The van der Waals surface area contributed by atoms with E-state index in [2.05, 4.69) is 28.5 Å². The third-order valence-corrected chi connectivity index (χ3v) is 3.96. The van der Waals surface area contributed by atoms with E-state index in [1.807, 2.05) is 33.0 Å². The number of aromatic nitrogens is 1. The Labute approximate surface area is 116 Å². The molecule has 0 aliphatic rings. The minimum atomic E-state index is 0.164. The molecule has 0 saturated heterocycles. The molecular formula is C15H16N2OS. The number of thiazole rings is 1. The summed E-state index contributed by atoms with van der Waals surface area (Å²) < 4.78 is 7.09. The highest BCUT2D eigenvalue weighted by Gasteiger charge is 2.12. The molecule has 0 saturated carbocycles. The van der Waals surface area contributed by atoms with Gasteiger partial charge >= 0.3 is 0 Å². The van der Waals surface area contributed by atoms with Crippen LogP contribution in [0.4, 0.5) is 5.13 Å². The van der Waals surface area contributed by atoms with Gasteiger partial charge in [0.15, 0.2) is 5.13 Å². The van der Waals surface area contributed by atoms with E-state index in [0.29, 0.717) is 0 Å². The Kier molecular flexibility index (Phi) is 3.03. The molecule has 0 fully saturated rings. The molecule has 0 amide bonds. The van der Waals surface area contributed by atoms with Crippen molar-refractivity contribution in [3.05, 3.63) is 30.3 Å². The summed E-state index contributed by atoms with van der Waals surface area (Å²) in [6, 6.07) is 10.4. The summed E-state index contributed by atoms with van der Waals surface area (Å²) in [7, 11) is 1.89. The quantitative estimate of drug-likeness (QED) is 0.772. The summed E-state index contributed by atoms with van der Waals surface area (Å²) >= 11 is 1.65. The summed E-state index contributed by atoms with van der Waals surface area (Å²) in [5.41, 5.74) is 1.04. The Bertz CT molecular complexity index is 733. The van der Waals surface area contributed by atoms with E-state index < -0.39 is 0 Å². The van der Waals surface area contributed by atoms with E-state index >= 15 is 0 Å². The topological polar surface area (TPSA) is 34.2 Å². The van der Waals surface area contributed by atoms with Crippen LogP contribution in [0.1, 0.15) is 13.8 Å². The molecule has 3 rings (SSSR count). The van der Waals surface area contributed by atoms with Crippen LogP contribution in [0, 0.1) is 0 Å². The molecule has 0 atom stereocenters. The van der Waals surface area contributed by atoms with Crippen molar-refractivity contribution in [2.24, 2.45) is 0 Å². The molecule has 0 aliphatic carbocycles. The zero-order chi connectivity index (χ0) is 13.4. The fourth-order valence-electron chi connectivity index (χ4n) is 2.18. The molecule has 0 unspecified atom stereocenters. The number of nitrogens with one attached hydrogen (secondary N) is 1. The number of hydrogen-bond donors (Lipinski definition) is 1. The van der Waals surface area contributed by atoms with Gasteiger partial charge in [0.25, 0.3) is 0 Å². The van der Waals surface area contributed by atoms with Crippen molar-refractivity contribution in [3.8, 4) is 5.75 Å². The van der Waals surface area contributed by atoms with Gasteiger partial charge in [-0.25, -0.2) is 4.98 Å². The predicted molar refractivity (Wildman–Crippen MR) is 82.4 cm³/mol. The van der Waals surface area contributed by atoms with E-state index in [9.17, 15) is 0 Å². The molecule has 0 radical (unpaired) electrons. The van der Waals surface area contributed by atoms with Gasteiger partial charge in [0.05, 0.1) is 16.3 Å². The maximum atomic E-state index is 5.94.